The SMILES string of the molecule is CN(C(=N)N)c1nc2ccccc2s1. The van der Waals surface area contributed by atoms with Gasteiger partial charge in [-0.25, -0.2) is 4.98 Å². The number of hydrogen-bond donors (Lipinski definition) is 2. The minimum absolute atomic E-state index is 0.00376. The molecule has 2 rings (SSSR count). The van der Waals surface area contributed by atoms with E-state index in [1.165, 1.54) is 11.3 Å². The van der Waals surface area contributed by atoms with E-state index in [1.807, 2.05) is 24.3 Å². The first-order valence-corrected chi connectivity index (χ1v) is 4.93. The summed E-state index contributed by atoms with van der Waals surface area (Å²) in [4.78, 5) is 5.92. The second-order valence-corrected chi connectivity index (χ2v) is 3.92. The second-order valence-electron chi connectivity index (χ2n) is 2.91. The molecular weight excluding hydrogens is 196 g/mol. The van der Waals surface area contributed by atoms with Gasteiger partial charge in [-0.1, -0.05) is 23.5 Å². The predicted molar refractivity (Wildman–Crippen MR) is 59.9 cm³/mol. The summed E-state index contributed by atoms with van der Waals surface area (Å²) in [7, 11) is 1.74. The Morgan fingerprint density at radius 1 is 1.50 bits per heavy atom. The average molecular weight is 206 g/mol. The number of para-hydroxylation sites is 1. The van der Waals surface area contributed by atoms with Crippen molar-refractivity contribution in [2.75, 3.05) is 11.9 Å². The van der Waals surface area contributed by atoms with Crippen LogP contribution in [0.25, 0.3) is 10.2 Å². The molecule has 0 radical (unpaired) electrons. The van der Waals surface area contributed by atoms with Gasteiger partial charge in [0, 0.05) is 7.05 Å². The van der Waals surface area contributed by atoms with Crippen LogP contribution in [0.3, 0.4) is 0 Å². The number of hydrogen-bond acceptors (Lipinski definition) is 3. The number of thiazole rings is 1. The van der Waals surface area contributed by atoms with Crippen molar-refractivity contribution in [1.29, 1.82) is 5.41 Å². The Hall–Kier alpha value is -1.62. The minimum atomic E-state index is 0.00376. The van der Waals surface area contributed by atoms with Crippen LogP contribution in [0.4, 0.5) is 5.13 Å². The Labute approximate surface area is 85.5 Å². The Morgan fingerprint density at radius 3 is 2.86 bits per heavy atom. The Balaban J connectivity index is 2.50. The molecule has 0 aliphatic carbocycles. The van der Waals surface area contributed by atoms with Gasteiger partial charge in [-0.05, 0) is 12.1 Å². The predicted octanol–water partition coefficient (Wildman–Crippen LogP) is 1.63. The molecule has 0 aliphatic rings. The second kappa shape index (κ2) is 3.26. The van der Waals surface area contributed by atoms with E-state index in [2.05, 4.69) is 4.98 Å². The zero-order valence-corrected chi connectivity index (χ0v) is 8.51. The quantitative estimate of drug-likeness (QED) is 0.550. The third-order valence-corrected chi connectivity index (χ3v) is 3.04. The van der Waals surface area contributed by atoms with Gasteiger partial charge in [-0.15, -0.1) is 0 Å². The normalized spacial score (nSPS) is 10.4. The first-order chi connectivity index (χ1) is 6.68. The van der Waals surface area contributed by atoms with Crippen molar-refractivity contribution in [2.24, 2.45) is 5.73 Å². The number of nitrogens with zero attached hydrogens (tertiary/aromatic N) is 2. The summed E-state index contributed by atoms with van der Waals surface area (Å²) in [6, 6.07) is 7.87. The van der Waals surface area contributed by atoms with Crippen molar-refractivity contribution in [3.05, 3.63) is 24.3 Å². The first-order valence-electron chi connectivity index (χ1n) is 4.12. The highest BCUT2D eigenvalue weighted by Crippen LogP contribution is 2.27. The van der Waals surface area contributed by atoms with Crippen molar-refractivity contribution >= 4 is 32.6 Å². The monoisotopic (exact) mass is 206 g/mol. The van der Waals surface area contributed by atoms with Crippen LogP contribution in [-0.4, -0.2) is 18.0 Å². The smallest absolute Gasteiger partial charge is 0.194 e. The summed E-state index contributed by atoms with van der Waals surface area (Å²) in [5, 5.41) is 8.03. The summed E-state index contributed by atoms with van der Waals surface area (Å²) < 4.78 is 1.11. The fourth-order valence-corrected chi connectivity index (χ4v) is 2.05. The number of nitrogens with one attached hydrogen (secondary N) is 1. The average Bonchev–Trinajstić information content (AvgIpc) is 2.59. The molecule has 0 saturated heterocycles. The molecule has 4 nitrogen and oxygen atoms in total. The van der Waals surface area contributed by atoms with Gasteiger partial charge in [0.25, 0.3) is 0 Å². The van der Waals surface area contributed by atoms with E-state index in [1.54, 1.807) is 11.9 Å². The van der Waals surface area contributed by atoms with Crippen molar-refractivity contribution in [3.8, 4) is 0 Å². The van der Waals surface area contributed by atoms with E-state index in [-0.39, 0.29) is 5.96 Å². The number of guanidine groups is 1. The largest absolute Gasteiger partial charge is 0.370 e. The number of benzene rings is 1. The van der Waals surface area contributed by atoms with Crippen LogP contribution < -0.4 is 10.6 Å². The van der Waals surface area contributed by atoms with E-state index in [4.69, 9.17) is 11.1 Å². The third-order valence-electron chi connectivity index (χ3n) is 1.93. The molecule has 1 aromatic carbocycles. The summed E-state index contributed by atoms with van der Waals surface area (Å²) in [5.74, 6) is 0.00376. The van der Waals surface area contributed by atoms with Gasteiger partial charge in [-0.2, -0.15) is 0 Å². The number of nitrogens with two attached hydrogens (primary N) is 1. The Bertz CT molecular complexity index is 443. The lowest BCUT2D eigenvalue weighted by molar-refractivity contribution is 1.18. The zero-order chi connectivity index (χ0) is 10.1. The number of fused-ring (bicyclic) bond motifs is 1. The standard InChI is InChI=1S/C9H10N4S/c1-13(8(10)11)9-12-6-4-2-3-5-7(6)14-9/h2-5H,1H3,(H3,10,11). The van der Waals surface area contributed by atoms with Crippen molar-refractivity contribution in [2.45, 2.75) is 0 Å². The molecule has 0 saturated carbocycles. The van der Waals surface area contributed by atoms with Crippen molar-refractivity contribution in [3.63, 3.8) is 0 Å². The molecule has 1 heterocycles. The highest BCUT2D eigenvalue weighted by molar-refractivity contribution is 7.22. The fraction of sp³-hybridized carbons (Fsp3) is 0.111. The lowest BCUT2D eigenvalue weighted by Crippen LogP contribution is -2.32. The van der Waals surface area contributed by atoms with Gasteiger partial charge in [0.15, 0.2) is 11.1 Å². The Kier molecular flexibility index (Phi) is 2.09. The summed E-state index contributed by atoms with van der Waals surface area (Å²) in [6.07, 6.45) is 0. The first kappa shape index (κ1) is 8.96. The van der Waals surface area contributed by atoms with Crippen molar-refractivity contribution in [1.82, 2.24) is 4.98 Å². The van der Waals surface area contributed by atoms with E-state index in [0.717, 1.165) is 15.3 Å². The maximum absolute atomic E-state index is 7.28. The van der Waals surface area contributed by atoms with Crippen LogP contribution in [0, 0.1) is 5.41 Å². The van der Waals surface area contributed by atoms with E-state index in [9.17, 15) is 0 Å². The molecule has 72 valence electrons. The summed E-state index contributed by atoms with van der Waals surface area (Å²) >= 11 is 1.53. The molecule has 0 unspecified atom stereocenters. The third kappa shape index (κ3) is 1.42. The van der Waals surface area contributed by atoms with Gasteiger partial charge < -0.3 is 5.73 Å². The van der Waals surface area contributed by atoms with Crippen LogP contribution in [0.15, 0.2) is 24.3 Å². The van der Waals surface area contributed by atoms with Gasteiger partial charge in [0.2, 0.25) is 0 Å². The molecule has 0 bridgehead atoms. The highest BCUT2D eigenvalue weighted by Gasteiger charge is 2.09. The lowest BCUT2D eigenvalue weighted by atomic mass is 10.3. The maximum atomic E-state index is 7.28. The van der Waals surface area contributed by atoms with Crippen molar-refractivity contribution < 1.29 is 0 Å². The number of aromatic nitrogens is 1. The van der Waals surface area contributed by atoms with Gasteiger partial charge >= 0.3 is 0 Å². The van der Waals surface area contributed by atoms with Gasteiger partial charge in [0.1, 0.15) is 0 Å². The minimum Gasteiger partial charge on any atom is -0.370 e. The van der Waals surface area contributed by atoms with E-state index < -0.39 is 0 Å². The fourth-order valence-electron chi connectivity index (χ4n) is 1.11. The summed E-state index contributed by atoms with van der Waals surface area (Å²) in [5.41, 5.74) is 6.31. The molecule has 2 aromatic rings. The molecule has 3 N–H and O–H groups in total. The molecule has 5 heteroatoms. The van der Waals surface area contributed by atoms with Gasteiger partial charge in [0.05, 0.1) is 10.2 Å². The van der Waals surface area contributed by atoms with E-state index in [0.29, 0.717) is 0 Å². The molecule has 0 amide bonds. The van der Waals surface area contributed by atoms with Crippen LogP contribution in [0.5, 0.6) is 0 Å². The molecule has 0 fully saturated rings. The lowest BCUT2D eigenvalue weighted by Gasteiger charge is -2.11. The molecular formula is C9H10N4S. The molecule has 0 aliphatic heterocycles. The van der Waals surface area contributed by atoms with Crippen LogP contribution in [0.1, 0.15) is 0 Å². The molecule has 0 atom stereocenters. The number of rotatable bonds is 1. The van der Waals surface area contributed by atoms with Crippen LogP contribution >= 0.6 is 11.3 Å². The zero-order valence-electron chi connectivity index (χ0n) is 7.69. The Morgan fingerprint density at radius 2 is 2.21 bits per heavy atom. The van der Waals surface area contributed by atoms with Crippen LogP contribution in [0.2, 0.25) is 0 Å². The molecule has 14 heavy (non-hydrogen) atoms. The van der Waals surface area contributed by atoms with E-state index >= 15 is 0 Å². The highest BCUT2D eigenvalue weighted by atomic mass is 32.1. The topological polar surface area (TPSA) is 66.0 Å². The van der Waals surface area contributed by atoms with Gasteiger partial charge in [-0.3, -0.25) is 10.3 Å². The maximum Gasteiger partial charge on any atom is 0.194 e. The molecule has 0 spiro atoms. The van der Waals surface area contributed by atoms with Crippen LogP contribution in [-0.2, 0) is 0 Å². The molecule has 1 aromatic heterocycles. The number of anilines is 1. The summed E-state index contributed by atoms with van der Waals surface area (Å²) in [6.45, 7) is 0.